The molecule has 0 unspecified atom stereocenters. The Morgan fingerprint density at radius 2 is 2.16 bits per heavy atom. The van der Waals surface area contributed by atoms with Crippen LogP contribution in [0.15, 0.2) is 23.3 Å². The van der Waals surface area contributed by atoms with Crippen molar-refractivity contribution in [2.45, 2.75) is 38.9 Å². The molecule has 1 fully saturated rings. The number of hydrogen-bond donors (Lipinski definition) is 2. The van der Waals surface area contributed by atoms with Crippen molar-refractivity contribution in [2.24, 2.45) is 0 Å². The largest absolute Gasteiger partial charge is 0.502 e. The Hall–Kier alpha value is -3.14. The van der Waals surface area contributed by atoms with Crippen molar-refractivity contribution in [1.82, 2.24) is 19.9 Å². The van der Waals surface area contributed by atoms with E-state index < -0.39 is 28.8 Å². The summed E-state index contributed by atoms with van der Waals surface area (Å²) in [5.41, 5.74) is -1.18. The fraction of sp³-hybridized carbons (Fsp3) is 0.400. The molecule has 164 valence electrons. The third-order valence-electron chi connectivity index (χ3n) is 5.59. The topological polar surface area (TPSA) is 108 Å². The van der Waals surface area contributed by atoms with Crippen LogP contribution in [0.5, 0.6) is 5.75 Å². The summed E-state index contributed by atoms with van der Waals surface area (Å²) in [7, 11) is 0. The van der Waals surface area contributed by atoms with Crippen molar-refractivity contribution in [3.8, 4) is 5.75 Å². The third-order valence-corrected chi connectivity index (χ3v) is 5.92. The summed E-state index contributed by atoms with van der Waals surface area (Å²) in [6, 6.07) is 1.07. The van der Waals surface area contributed by atoms with E-state index in [1.807, 2.05) is 11.9 Å². The Balaban J connectivity index is 1.69. The monoisotopic (exact) mass is 449 g/mol. The van der Waals surface area contributed by atoms with Crippen molar-refractivity contribution in [3.05, 3.63) is 56.5 Å². The van der Waals surface area contributed by atoms with Gasteiger partial charge in [-0.15, -0.1) is 0 Å². The lowest BCUT2D eigenvalue weighted by molar-refractivity contribution is 0.0534. The van der Waals surface area contributed by atoms with Crippen LogP contribution in [-0.2, 0) is 6.54 Å². The van der Waals surface area contributed by atoms with Gasteiger partial charge in [-0.3, -0.25) is 29.1 Å². The number of carbonyl (C=O) groups excluding carboxylic acids is 2. The number of aromatic hydroxyl groups is 1. The molecule has 0 aliphatic carbocycles. The van der Waals surface area contributed by atoms with Crippen LogP contribution >= 0.6 is 11.6 Å². The van der Waals surface area contributed by atoms with E-state index in [9.17, 15) is 23.9 Å². The molecular formula is C20H21ClFN5O4. The molecule has 9 nitrogen and oxygen atoms in total. The van der Waals surface area contributed by atoms with Gasteiger partial charge in [-0.2, -0.15) is 0 Å². The molecule has 4 heterocycles. The highest BCUT2D eigenvalue weighted by molar-refractivity contribution is 6.31. The average molecular weight is 450 g/mol. The summed E-state index contributed by atoms with van der Waals surface area (Å²) in [5.74, 6) is -2.59. The Bertz CT molecular complexity index is 1120. The second kappa shape index (κ2) is 8.18. The number of amides is 2. The number of aromatic nitrogens is 2. The summed E-state index contributed by atoms with van der Waals surface area (Å²) in [6.45, 7) is 2.74. The van der Waals surface area contributed by atoms with Gasteiger partial charge in [-0.05, 0) is 32.3 Å². The Morgan fingerprint density at radius 1 is 1.39 bits per heavy atom. The van der Waals surface area contributed by atoms with Crippen LogP contribution in [0.25, 0.3) is 0 Å². The first-order valence-corrected chi connectivity index (χ1v) is 10.4. The predicted molar refractivity (Wildman–Crippen MR) is 110 cm³/mol. The maximum absolute atomic E-state index is 13.1. The summed E-state index contributed by atoms with van der Waals surface area (Å²) in [4.78, 5) is 43.8. The van der Waals surface area contributed by atoms with Gasteiger partial charge in [0.05, 0.1) is 23.5 Å². The van der Waals surface area contributed by atoms with E-state index in [4.69, 9.17) is 11.6 Å². The maximum Gasteiger partial charge on any atom is 0.278 e. The number of fused-ring (bicyclic) bond motifs is 3. The highest BCUT2D eigenvalue weighted by atomic mass is 35.5. The first-order valence-electron chi connectivity index (χ1n) is 9.98. The molecule has 2 amide bonds. The van der Waals surface area contributed by atoms with Crippen LogP contribution in [0, 0.1) is 5.82 Å². The highest BCUT2D eigenvalue weighted by Crippen LogP contribution is 2.29. The zero-order valence-corrected chi connectivity index (χ0v) is 17.5. The number of nitrogens with one attached hydrogen (secondary N) is 1. The van der Waals surface area contributed by atoms with Crippen LogP contribution in [0.1, 0.15) is 52.7 Å². The van der Waals surface area contributed by atoms with Gasteiger partial charge in [-0.1, -0.05) is 11.6 Å². The summed E-state index contributed by atoms with van der Waals surface area (Å²) < 4.78 is 14.6. The minimum absolute atomic E-state index is 0.0340. The molecule has 1 atom stereocenters. The smallest absolute Gasteiger partial charge is 0.278 e. The van der Waals surface area contributed by atoms with Gasteiger partial charge >= 0.3 is 0 Å². The number of rotatable bonds is 4. The van der Waals surface area contributed by atoms with Crippen LogP contribution in [0.2, 0.25) is 5.02 Å². The van der Waals surface area contributed by atoms with Crippen LogP contribution < -0.4 is 15.8 Å². The molecule has 31 heavy (non-hydrogen) atoms. The van der Waals surface area contributed by atoms with Gasteiger partial charge in [0, 0.05) is 19.3 Å². The lowest BCUT2D eigenvalue weighted by Crippen LogP contribution is -2.63. The SMILES string of the molecule is CCN1C(=O)c2c(O)c(=O)c(C(=O)NCc3ncc(F)cc3Cl)cn2N2CCCC[C@@H]12. The first kappa shape index (κ1) is 21.1. The van der Waals surface area contributed by atoms with Crippen LogP contribution in [0.4, 0.5) is 4.39 Å². The Morgan fingerprint density at radius 3 is 2.87 bits per heavy atom. The molecule has 0 saturated carbocycles. The van der Waals surface area contributed by atoms with Crippen LogP contribution in [0.3, 0.4) is 0 Å². The van der Waals surface area contributed by atoms with E-state index in [-0.39, 0.29) is 34.7 Å². The fourth-order valence-corrected chi connectivity index (χ4v) is 4.30. The second-order valence-corrected chi connectivity index (χ2v) is 7.82. The van der Waals surface area contributed by atoms with E-state index in [1.165, 1.54) is 10.9 Å². The van der Waals surface area contributed by atoms with Crippen molar-refractivity contribution < 1.29 is 19.1 Å². The van der Waals surface area contributed by atoms with Gasteiger partial charge in [0.1, 0.15) is 17.5 Å². The molecular weight excluding hydrogens is 429 g/mol. The van der Waals surface area contributed by atoms with Gasteiger partial charge in [-0.25, -0.2) is 4.39 Å². The second-order valence-electron chi connectivity index (χ2n) is 7.41. The quantitative estimate of drug-likeness (QED) is 0.734. The number of pyridine rings is 2. The molecule has 2 aliphatic heterocycles. The zero-order chi connectivity index (χ0) is 22.3. The highest BCUT2D eigenvalue weighted by Gasteiger charge is 2.40. The standard InChI is InChI=1S/C20H21ClFN5O4/c1-2-25-15-5-3-4-6-26(15)27-10-12(17(28)18(29)16(27)20(25)31)19(30)24-9-14-13(21)7-11(22)8-23-14/h7-8,10,15,29H,2-6,9H2,1H3,(H,24,30)/t15-/m0/s1. The van der Waals surface area contributed by atoms with E-state index in [0.29, 0.717) is 13.1 Å². The molecule has 11 heteroatoms. The molecule has 2 N–H and O–H groups in total. The third kappa shape index (κ3) is 3.60. The number of hydrogen-bond acceptors (Lipinski definition) is 6. The van der Waals surface area contributed by atoms with Gasteiger partial charge in [0.2, 0.25) is 5.43 Å². The molecule has 2 aliphatic rings. The first-order chi connectivity index (χ1) is 14.8. The summed E-state index contributed by atoms with van der Waals surface area (Å²) in [6.07, 6.45) is 4.63. The lowest BCUT2D eigenvalue weighted by Gasteiger charge is -2.48. The summed E-state index contributed by atoms with van der Waals surface area (Å²) in [5, 5.41) is 15.0. The molecule has 0 radical (unpaired) electrons. The molecule has 1 saturated heterocycles. The van der Waals surface area contributed by atoms with Crippen molar-refractivity contribution in [3.63, 3.8) is 0 Å². The number of carbonyl (C=O) groups is 2. The Kier molecular flexibility index (Phi) is 5.57. The summed E-state index contributed by atoms with van der Waals surface area (Å²) >= 11 is 5.92. The van der Waals surface area contributed by atoms with Crippen molar-refractivity contribution in [2.75, 3.05) is 18.1 Å². The number of halogens is 2. The van der Waals surface area contributed by atoms with E-state index in [0.717, 1.165) is 31.5 Å². The fourth-order valence-electron chi connectivity index (χ4n) is 4.08. The maximum atomic E-state index is 13.1. The van der Waals surface area contributed by atoms with E-state index >= 15 is 0 Å². The number of piperidine rings is 1. The molecule has 4 rings (SSSR count). The molecule has 2 aromatic heterocycles. The molecule has 2 aromatic rings. The predicted octanol–water partition coefficient (Wildman–Crippen LogP) is 1.60. The van der Waals surface area contributed by atoms with Gasteiger partial charge < -0.3 is 15.3 Å². The molecule has 0 spiro atoms. The van der Waals surface area contributed by atoms with E-state index in [2.05, 4.69) is 10.3 Å². The zero-order valence-electron chi connectivity index (χ0n) is 16.8. The molecule has 0 aromatic carbocycles. The van der Waals surface area contributed by atoms with Gasteiger partial charge in [0.15, 0.2) is 11.4 Å². The van der Waals surface area contributed by atoms with Gasteiger partial charge in [0.25, 0.3) is 11.8 Å². The van der Waals surface area contributed by atoms with Crippen molar-refractivity contribution in [1.29, 1.82) is 0 Å². The minimum atomic E-state index is -0.943. The number of nitrogens with zero attached hydrogens (tertiary/aromatic N) is 4. The Labute approximate surface area is 182 Å². The average Bonchev–Trinajstić information content (AvgIpc) is 2.75. The van der Waals surface area contributed by atoms with E-state index in [1.54, 1.807) is 4.90 Å². The van der Waals surface area contributed by atoms with Crippen molar-refractivity contribution >= 4 is 23.4 Å². The normalized spacial score (nSPS) is 17.9. The lowest BCUT2D eigenvalue weighted by atomic mass is 10.1. The molecule has 0 bridgehead atoms. The van der Waals surface area contributed by atoms with Crippen LogP contribution in [-0.4, -0.2) is 50.7 Å². The minimum Gasteiger partial charge on any atom is -0.502 e.